The topological polar surface area (TPSA) is 88.1 Å². The van der Waals surface area contributed by atoms with E-state index in [9.17, 15) is 9.59 Å². The number of hydrogen-bond acceptors (Lipinski definition) is 4. The summed E-state index contributed by atoms with van der Waals surface area (Å²) in [5.41, 5.74) is 0. The number of ether oxygens (including phenoxy) is 2. The second kappa shape index (κ2) is 10.6. The van der Waals surface area contributed by atoms with E-state index in [1.165, 1.54) is 4.90 Å². The summed E-state index contributed by atoms with van der Waals surface area (Å²) in [6.45, 7) is 3.44. The van der Waals surface area contributed by atoms with Gasteiger partial charge in [-0.05, 0) is 6.42 Å². The van der Waals surface area contributed by atoms with E-state index in [4.69, 9.17) is 14.6 Å². The maximum absolute atomic E-state index is 12.0. The first kappa shape index (κ1) is 17.7. The molecule has 2 N–H and O–H groups in total. The third-order valence-electron chi connectivity index (χ3n) is 2.59. The summed E-state index contributed by atoms with van der Waals surface area (Å²) in [7, 11) is 3.09. The molecule has 0 saturated heterocycles. The van der Waals surface area contributed by atoms with Crippen molar-refractivity contribution in [2.45, 2.75) is 25.8 Å². The number of nitrogens with zero attached hydrogens (tertiary/aromatic N) is 1. The van der Waals surface area contributed by atoms with E-state index in [2.05, 4.69) is 5.32 Å². The zero-order valence-corrected chi connectivity index (χ0v) is 11.8. The van der Waals surface area contributed by atoms with Gasteiger partial charge in [0.05, 0.1) is 13.2 Å². The molecule has 0 saturated carbocycles. The Hall–Kier alpha value is -1.34. The van der Waals surface area contributed by atoms with Gasteiger partial charge in [0.25, 0.3) is 0 Å². The third-order valence-corrected chi connectivity index (χ3v) is 2.59. The molecule has 0 aromatic rings. The molecule has 1 atom stereocenters. The fraction of sp³-hybridized carbons (Fsp3) is 0.833. The van der Waals surface area contributed by atoms with Crippen LogP contribution in [0.5, 0.6) is 0 Å². The molecule has 0 spiro atoms. The number of carbonyl (C=O) groups is 2. The van der Waals surface area contributed by atoms with Crippen LogP contribution in [0.15, 0.2) is 0 Å². The highest BCUT2D eigenvalue weighted by atomic mass is 16.5. The number of amides is 2. The molecular formula is C12H24N2O5. The van der Waals surface area contributed by atoms with Crippen LogP contribution in [0, 0.1) is 0 Å². The molecule has 0 aromatic heterocycles. The van der Waals surface area contributed by atoms with E-state index < -0.39 is 18.0 Å². The van der Waals surface area contributed by atoms with Gasteiger partial charge in [-0.15, -0.1) is 0 Å². The van der Waals surface area contributed by atoms with E-state index >= 15 is 0 Å². The minimum absolute atomic E-state index is 0.392. The molecule has 0 aromatic carbocycles. The Morgan fingerprint density at radius 3 is 2.11 bits per heavy atom. The first-order chi connectivity index (χ1) is 9.06. The Labute approximate surface area is 113 Å². The minimum atomic E-state index is -1.02. The molecular weight excluding hydrogens is 252 g/mol. The fourth-order valence-electron chi connectivity index (χ4n) is 1.50. The van der Waals surface area contributed by atoms with Crippen molar-refractivity contribution in [3.8, 4) is 0 Å². The standard InChI is InChI=1S/C12H24N2O5/c1-4-5-10(11(15)16)13-12(17)14(6-8-18-2)7-9-19-3/h10H,4-9H2,1-3H3,(H,13,17)(H,15,16)/t10-/m0/s1. The maximum atomic E-state index is 12.0. The van der Waals surface area contributed by atoms with Crippen molar-refractivity contribution in [2.75, 3.05) is 40.5 Å². The Morgan fingerprint density at radius 1 is 1.21 bits per heavy atom. The molecule has 0 heterocycles. The smallest absolute Gasteiger partial charge is 0.326 e. The van der Waals surface area contributed by atoms with Crippen molar-refractivity contribution >= 4 is 12.0 Å². The maximum Gasteiger partial charge on any atom is 0.326 e. The number of carboxylic acids is 1. The lowest BCUT2D eigenvalue weighted by atomic mass is 10.2. The molecule has 0 aliphatic rings. The molecule has 7 heteroatoms. The third kappa shape index (κ3) is 7.63. The average Bonchev–Trinajstić information content (AvgIpc) is 2.38. The summed E-state index contributed by atoms with van der Waals surface area (Å²) in [4.78, 5) is 24.5. The van der Waals surface area contributed by atoms with Gasteiger partial charge in [-0.25, -0.2) is 9.59 Å². The number of aliphatic carboxylic acids is 1. The van der Waals surface area contributed by atoms with Crippen LogP contribution < -0.4 is 5.32 Å². The van der Waals surface area contributed by atoms with E-state index in [1.54, 1.807) is 14.2 Å². The molecule has 0 rings (SSSR count). The summed E-state index contributed by atoms with van der Waals surface area (Å²) in [6.07, 6.45) is 1.09. The number of urea groups is 1. The normalized spacial score (nSPS) is 11.9. The van der Waals surface area contributed by atoms with Gasteiger partial charge in [-0.2, -0.15) is 0 Å². The SMILES string of the molecule is CCC[C@H](NC(=O)N(CCOC)CCOC)C(=O)O. The Kier molecular flexibility index (Phi) is 9.82. The van der Waals surface area contributed by atoms with Gasteiger partial charge in [0.15, 0.2) is 0 Å². The number of carbonyl (C=O) groups excluding carboxylic acids is 1. The summed E-state index contributed by atoms with van der Waals surface area (Å²) >= 11 is 0. The van der Waals surface area contributed by atoms with Gasteiger partial charge in [0, 0.05) is 27.3 Å². The van der Waals surface area contributed by atoms with Crippen LogP contribution in [0.3, 0.4) is 0 Å². The Bertz CT molecular complexity index is 265. The predicted octanol–water partition coefficient (Wildman–Crippen LogP) is 0.544. The number of methoxy groups -OCH3 is 2. The van der Waals surface area contributed by atoms with Crippen molar-refractivity contribution < 1.29 is 24.2 Å². The van der Waals surface area contributed by atoms with Gasteiger partial charge in [-0.1, -0.05) is 13.3 Å². The lowest BCUT2D eigenvalue weighted by Crippen LogP contribution is -2.49. The van der Waals surface area contributed by atoms with Gasteiger partial charge < -0.3 is 24.8 Å². The van der Waals surface area contributed by atoms with Gasteiger partial charge in [0.2, 0.25) is 0 Å². The fourth-order valence-corrected chi connectivity index (χ4v) is 1.50. The molecule has 2 amide bonds. The highest BCUT2D eigenvalue weighted by Crippen LogP contribution is 1.99. The first-order valence-corrected chi connectivity index (χ1v) is 6.32. The van der Waals surface area contributed by atoms with Crippen LogP contribution in [0.4, 0.5) is 4.79 Å². The number of rotatable bonds is 10. The van der Waals surface area contributed by atoms with Crippen LogP contribution >= 0.6 is 0 Å². The van der Waals surface area contributed by atoms with E-state index in [0.29, 0.717) is 39.1 Å². The second-order valence-electron chi connectivity index (χ2n) is 4.10. The zero-order valence-electron chi connectivity index (χ0n) is 11.8. The molecule has 0 aliphatic carbocycles. The summed E-state index contributed by atoms with van der Waals surface area (Å²) in [5.74, 6) is -1.02. The van der Waals surface area contributed by atoms with Crippen LogP contribution in [-0.2, 0) is 14.3 Å². The van der Waals surface area contributed by atoms with Crippen LogP contribution in [0.1, 0.15) is 19.8 Å². The average molecular weight is 276 g/mol. The summed E-state index contributed by atoms with van der Waals surface area (Å²) in [5, 5.41) is 11.5. The quantitative estimate of drug-likeness (QED) is 0.608. The lowest BCUT2D eigenvalue weighted by Gasteiger charge is -2.24. The van der Waals surface area contributed by atoms with E-state index in [0.717, 1.165) is 0 Å². The van der Waals surface area contributed by atoms with Crippen LogP contribution in [-0.4, -0.2) is 68.6 Å². The van der Waals surface area contributed by atoms with Crippen molar-refractivity contribution in [1.29, 1.82) is 0 Å². The molecule has 19 heavy (non-hydrogen) atoms. The second-order valence-corrected chi connectivity index (χ2v) is 4.10. The minimum Gasteiger partial charge on any atom is -0.480 e. The monoisotopic (exact) mass is 276 g/mol. The zero-order chi connectivity index (χ0) is 14.7. The molecule has 0 bridgehead atoms. The van der Waals surface area contributed by atoms with E-state index in [-0.39, 0.29) is 0 Å². The van der Waals surface area contributed by atoms with Crippen molar-refractivity contribution in [2.24, 2.45) is 0 Å². The van der Waals surface area contributed by atoms with Gasteiger partial charge in [-0.3, -0.25) is 0 Å². The van der Waals surface area contributed by atoms with Crippen molar-refractivity contribution in [3.63, 3.8) is 0 Å². The number of carboxylic acid groups (broad SMARTS) is 1. The Morgan fingerprint density at radius 2 is 1.74 bits per heavy atom. The molecule has 0 unspecified atom stereocenters. The van der Waals surface area contributed by atoms with Crippen LogP contribution in [0.25, 0.3) is 0 Å². The highest BCUT2D eigenvalue weighted by molar-refractivity contribution is 5.82. The van der Waals surface area contributed by atoms with Crippen LogP contribution in [0.2, 0.25) is 0 Å². The summed E-state index contributed by atoms with van der Waals surface area (Å²) < 4.78 is 9.85. The van der Waals surface area contributed by atoms with Gasteiger partial charge >= 0.3 is 12.0 Å². The lowest BCUT2D eigenvalue weighted by molar-refractivity contribution is -0.139. The first-order valence-electron chi connectivity index (χ1n) is 6.32. The van der Waals surface area contributed by atoms with Gasteiger partial charge in [0.1, 0.15) is 6.04 Å². The summed E-state index contributed by atoms with van der Waals surface area (Å²) in [6, 6.07) is -1.26. The van der Waals surface area contributed by atoms with E-state index in [1.807, 2.05) is 6.92 Å². The molecule has 112 valence electrons. The molecule has 0 aliphatic heterocycles. The number of hydrogen-bond donors (Lipinski definition) is 2. The molecule has 0 radical (unpaired) electrons. The molecule has 0 fully saturated rings. The number of nitrogens with one attached hydrogen (secondary N) is 1. The van der Waals surface area contributed by atoms with Crippen molar-refractivity contribution in [1.82, 2.24) is 10.2 Å². The highest BCUT2D eigenvalue weighted by Gasteiger charge is 2.22. The predicted molar refractivity (Wildman–Crippen MR) is 70.2 cm³/mol. The Balaban J connectivity index is 4.44. The molecule has 7 nitrogen and oxygen atoms in total. The largest absolute Gasteiger partial charge is 0.480 e. The van der Waals surface area contributed by atoms with Crippen molar-refractivity contribution in [3.05, 3.63) is 0 Å².